The van der Waals surface area contributed by atoms with E-state index in [1.807, 2.05) is 0 Å². The number of hydrogen-bond acceptors (Lipinski definition) is 3. The van der Waals surface area contributed by atoms with Crippen LogP contribution in [0, 0.1) is 6.92 Å². The SMILES string of the molecule is Cc1ccc(-c2c(-c3ccccc3)n3c(-c4ccccc4)c(-c4ccccc4)nc3n2-c2cc3c4c(c2)N(c2ccccc2)c2ccccc2B4c2ccccc2N3c2ccccc2)cc1. The molecule has 0 bridgehead atoms. The number of fused-ring (bicyclic) bond motifs is 5. The largest absolute Gasteiger partial charge is 0.311 e. The summed E-state index contributed by atoms with van der Waals surface area (Å²) >= 11 is 0. The molecule has 66 heavy (non-hydrogen) atoms. The molecule has 0 radical (unpaired) electrons. The highest BCUT2D eigenvalue weighted by atomic mass is 15.2. The van der Waals surface area contributed by atoms with Gasteiger partial charge >= 0.3 is 0 Å². The molecule has 0 atom stereocenters. The molecular weight excluding hydrogens is 802 g/mol. The number of aryl methyl sites for hydroxylation is 1. The van der Waals surface area contributed by atoms with E-state index >= 15 is 0 Å². The molecule has 6 heteroatoms. The average Bonchev–Trinajstić information content (AvgIpc) is 3.93. The summed E-state index contributed by atoms with van der Waals surface area (Å²) in [6.45, 7) is 2.16. The summed E-state index contributed by atoms with van der Waals surface area (Å²) in [6.07, 6.45) is 0. The maximum Gasteiger partial charge on any atom is 0.252 e. The van der Waals surface area contributed by atoms with Crippen LogP contribution in [0.5, 0.6) is 0 Å². The van der Waals surface area contributed by atoms with Gasteiger partial charge in [-0.15, -0.1) is 0 Å². The molecule has 2 aliphatic heterocycles. The molecule has 11 aromatic rings. The number of nitrogens with zero attached hydrogens (tertiary/aromatic N) is 5. The van der Waals surface area contributed by atoms with Crippen molar-refractivity contribution in [1.29, 1.82) is 0 Å². The van der Waals surface area contributed by atoms with Crippen LogP contribution < -0.4 is 26.2 Å². The molecule has 0 saturated heterocycles. The lowest BCUT2D eigenvalue weighted by Crippen LogP contribution is -2.61. The van der Waals surface area contributed by atoms with Crippen molar-refractivity contribution in [3.8, 4) is 50.7 Å². The van der Waals surface area contributed by atoms with Gasteiger partial charge in [-0.2, -0.15) is 0 Å². The number of aromatic nitrogens is 3. The summed E-state index contributed by atoms with van der Waals surface area (Å²) in [4.78, 5) is 10.8. The summed E-state index contributed by atoms with van der Waals surface area (Å²) in [5.74, 6) is 0.829. The molecule has 0 unspecified atom stereocenters. The van der Waals surface area contributed by atoms with Crippen molar-refractivity contribution in [2.45, 2.75) is 6.92 Å². The highest BCUT2D eigenvalue weighted by molar-refractivity contribution is 7.00. The number of hydrogen-bond donors (Lipinski definition) is 0. The van der Waals surface area contributed by atoms with Gasteiger partial charge in [-0.1, -0.05) is 194 Å². The predicted molar refractivity (Wildman–Crippen MR) is 275 cm³/mol. The van der Waals surface area contributed by atoms with Gasteiger partial charge in [-0.25, -0.2) is 4.98 Å². The van der Waals surface area contributed by atoms with E-state index in [1.54, 1.807) is 0 Å². The Morgan fingerprint density at radius 3 is 1.30 bits per heavy atom. The smallest absolute Gasteiger partial charge is 0.252 e. The average molecular weight is 844 g/mol. The molecule has 2 aliphatic rings. The molecule has 0 spiro atoms. The van der Waals surface area contributed by atoms with Gasteiger partial charge in [0, 0.05) is 56.4 Å². The fourth-order valence-corrected chi connectivity index (χ4v) is 10.5. The third kappa shape index (κ3) is 5.85. The lowest BCUT2D eigenvalue weighted by atomic mass is 9.33. The van der Waals surface area contributed by atoms with E-state index in [4.69, 9.17) is 4.98 Å². The first-order valence-electron chi connectivity index (χ1n) is 22.7. The first kappa shape index (κ1) is 37.9. The summed E-state index contributed by atoms with van der Waals surface area (Å²) in [5, 5.41) is 0. The minimum Gasteiger partial charge on any atom is -0.311 e. The molecule has 0 aliphatic carbocycles. The Bertz CT molecular complexity index is 3470. The van der Waals surface area contributed by atoms with Crippen LogP contribution in [-0.2, 0) is 0 Å². The van der Waals surface area contributed by atoms with E-state index in [9.17, 15) is 0 Å². The molecule has 0 saturated carbocycles. The van der Waals surface area contributed by atoms with E-state index in [2.05, 4.69) is 262 Å². The molecule has 0 amide bonds. The topological polar surface area (TPSA) is 28.7 Å². The van der Waals surface area contributed by atoms with Crippen LogP contribution >= 0.6 is 0 Å². The fourth-order valence-electron chi connectivity index (χ4n) is 10.5. The van der Waals surface area contributed by atoms with Gasteiger partial charge in [0.25, 0.3) is 6.71 Å². The van der Waals surface area contributed by atoms with Crippen molar-refractivity contribution in [3.63, 3.8) is 0 Å². The lowest BCUT2D eigenvalue weighted by molar-refractivity contribution is 1.07. The minimum absolute atomic E-state index is 0.00158. The molecule has 0 fully saturated rings. The molecule has 2 aromatic heterocycles. The number of anilines is 6. The lowest BCUT2D eigenvalue weighted by Gasteiger charge is -2.44. The van der Waals surface area contributed by atoms with Gasteiger partial charge in [0.2, 0.25) is 5.78 Å². The van der Waals surface area contributed by atoms with Gasteiger partial charge in [0.1, 0.15) is 0 Å². The molecule has 310 valence electrons. The second kappa shape index (κ2) is 15.3. The Morgan fingerprint density at radius 2 is 0.788 bits per heavy atom. The van der Waals surface area contributed by atoms with Crippen LogP contribution in [0.3, 0.4) is 0 Å². The van der Waals surface area contributed by atoms with Crippen molar-refractivity contribution < 1.29 is 0 Å². The van der Waals surface area contributed by atoms with Crippen molar-refractivity contribution >= 4 is 63.0 Å². The zero-order valence-corrected chi connectivity index (χ0v) is 36.3. The predicted octanol–water partition coefficient (Wildman–Crippen LogP) is 13.2. The van der Waals surface area contributed by atoms with E-state index in [1.165, 1.54) is 33.3 Å². The van der Waals surface area contributed by atoms with Crippen LogP contribution in [0.1, 0.15) is 5.56 Å². The normalized spacial score (nSPS) is 12.5. The Morgan fingerprint density at radius 1 is 0.364 bits per heavy atom. The molecule has 5 nitrogen and oxygen atoms in total. The van der Waals surface area contributed by atoms with Crippen LogP contribution in [0.15, 0.2) is 237 Å². The maximum atomic E-state index is 5.81. The number of para-hydroxylation sites is 4. The quantitative estimate of drug-likeness (QED) is 0.150. The highest BCUT2D eigenvalue weighted by Crippen LogP contribution is 2.48. The number of imidazole rings is 2. The van der Waals surface area contributed by atoms with E-state index < -0.39 is 0 Å². The second-order valence-corrected chi connectivity index (χ2v) is 17.2. The Kier molecular flexibility index (Phi) is 8.78. The first-order valence-corrected chi connectivity index (χ1v) is 22.7. The standard InChI is InChI=1S/C60H42BN5/c1-41-35-37-45(38-36-41)58-59(44-25-11-4-12-26-44)66-57(43-23-9-3-10-24-43)56(42-21-7-2-8-22-42)62-60(66)65(58)48-39-53-55-54(40-48)64(47-29-15-6-16-30-47)52-34-20-18-32-50(52)61(55)49-31-17-19-33-51(49)63(53)46-27-13-5-14-28-46/h2-40H,1H3. The molecule has 9 aromatic carbocycles. The van der Waals surface area contributed by atoms with Gasteiger partial charge in [0.05, 0.1) is 28.5 Å². The number of rotatable bonds is 7. The van der Waals surface area contributed by atoms with Crippen molar-refractivity contribution in [1.82, 2.24) is 14.0 Å². The fraction of sp³-hybridized carbons (Fsp3) is 0.0167. The Balaban J connectivity index is 1.23. The Labute approximate surface area is 384 Å². The van der Waals surface area contributed by atoms with Crippen LogP contribution in [0.2, 0.25) is 0 Å². The zero-order valence-electron chi connectivity index (χ0n) is 36.3. The minimum atomic E-state index is -0.00158. The Hall–Kier alpha value is -8.61. The van der Waals surface area contributed by atoms with E-state index in [-0.39, 0.29) is 6.71 Å². The third-order valence-corrected chi connectivity index (χ3v) is 13.4. The van der Waals surface area contributed by atoms with Crippen molar-refractivity contribution in [2.75, 3.05) is 9.80 Å². The summed E-state index contributed by atoms with van der Waals surface area (Å²) in [7, 11) is 0. The van der Waals surface area contributed by atoms with Gasteiger partial charge in [-0.05, 0) is 71.8 Å². The zero-order chi connectivity index (χ0) is 43.7. The first-order chi connectivity index (χ1) is 32.7. The van der Waals surface area contributed by atoms with Crippen molar-refractivity contribution in [3.05, 3.63) is 242 Å². The van der Waals surface area contributed by atoms with Crippen molar-refractivity contribution in [2.24, 2.45) is 0 Å². The van der Waals surface area contributed by atoms with Gasteiger partial charge < -0.3 is 9.80 Å². The van der Waals surface area contributed by atoms with Crippen LogP contribution in [0.4, 0.5) is 34.1 Å². The molecular formula is C60H42BN5. The number of benzene rings is 9. The van der Waals surface area contributed by atoms with E-state index in [0.29, 0.717) is 0 Å². The summed E-state index contributed by atoms with van der Waals surface area (Å²) in [5.41, 5.74) is 21.3. The monoisotopic (exact) mass is 843 g/mol. The maximum absolute atomic E-state index is 5.81. The molecule has 13 rings (SSSR count). The van der Waals surface area contributed by atoms with Gasteiger partial charge in [-0.3, -0.25) is 8.97 Å². The second-order valence-electron chi connectivity index (χ2n) is 17.2. The summed E-state index contributed by atoms with van der Waals surface area (Å²) < 4.78 is 4.86. The summed E-state index contributed by atoms with van der Waals surface area (Å²) in [6, 6.07) is 85.7. The van der Waals surface area contributed by atoms with Crippen LogP contribution in [0.25, 0.3) is 56.5 Å². The molecule has 4 heterocycles. The van der Waals surface area contributed by atoms with Gasteiger partial charge in [0.15, 0.2) is 0 Å². The van der Waals surface area contributed by atoms with Crippen LogP contribution in [-0.4, -0.2) is 20.7 Å². The highest BCUT2D eigenvalue weighted by Gasteiger charge is 2.44. The molecule has 0 N–H and O–H groups in total. The van der Waals surface area contributed by atoms with E-state index in [0.717, 1.165) is 79.2 Å². The third-order valence-electron chi connectivity index (χ3n) is 13.4.